The van der Waals surface area contributed by atoms with Gasteiger partial charge in [0.25, 0.3) is 0 Å². The number of hydrogen-bond donors (Lipinski definition) is 1. The number of amides is 1. The van der Waals surface area contributed by atoms with Crippen molar-refractivity contribution in [1.29, 1.82) is 0 Å². The molecule has 20 heavy (non-hydrogen) atoms. The number of ether oxygens (including phenoxy) is 1. The van der Waals surface area contributed by atoms with Crippen LogP contribution in [0.2, 0.25) is 0 Å². The van der Waals surface area contributed by atoms with Crippen molar-refractivity contribution in [2.45, 2.75) is 32.7 Å². The maximum absolute atomic E-state index is 11.6. The van der Waals surface area contributed by atoms with E-state index in [-0.39, 0.29) is 5.91 Å². The third-order valence-corrected chi connectivity index (χ3v) is 3.56. The van der Waals surface area contributed by atoms with Crippen molar-refractivity contribution in [3.8, 4) is 0 Å². The van der Waals surface area contributed by atoms with Crippen LogP contribution in [0.25, 0.3) is 0 Å². The van der Waals surface area contributed by atoms with E-state index in [2.05, 4.69) is 41.4 Å². The van der Waals surface area contributed by atoms with Crippen LogP contribution in [0.1, 0.15) is 31.7 Å². The van der Waals surface area contributed by atoms with Crippen molar-refractivity contribution in [1.82, 2.24) is 5.32 Å². The molecule has 2 rings (SSSR count). The Morgan fingerprint density at radius 3 is 2.60 bits per heavy atom. The molecule has 4 heteroatoms. The van der Waals surface area contributed by atoms with Gasteiger partial charge in [-0.2, -0.15) is 0 Å². The molecule has 1 aliphatic heterocycles. The van der Waals surface area contributed by atoms with E-state index in [1.54, 1.807) is 0 Å². The molecule has 0 saturated carbocycles. The second-order valence-electron chi connectivity index (χ2n) is 5.15. The fourth-order valence-electron chi connectivity index (χ4n) is 2.27. The second-order valence-corrected chi connectivity index (χ2v) is 5.15. The molecule has 0 aromatic heterocycles. The van der Waals surface area contributed by atoms with Gasteiger partial charge in [-0.05, 0) is 24.1 Å². The molecule has 110 valence electrons. The van der Waals surface area contributed by atoms with Gasteiger partial charge in [0.05, 0.1) is 13.2 Å². The maximum Gasteiger partial charge on any atom is 0.220 e. The van der Waals surface area contributed by atoms with Gasteiger partial charge in [0.1, 0.15) is 0 Å². The predicted octanol–water partition coefficient (Wildman–Crippen LogP) is 2.33. The average Bonchev–Trinajstić information content (AvgIpc) is 2.52. The molecule has 1 saturated heterocycles. The van der Waals surface area contributed by atoms with Crippen LogP contribution in [-0.4, -0.2) is 32.2 Å². The first-order chi connectivity index (χ1) is 9.79. The third kappa shape index (κ3) is 4.53. The first-order valence-corrected chi connectivity index (χ1v) is 7.48. The highest BCUT2D eigenvalue weighted by Gasteiger charge is 2.10. The van der Waals surface area contributed by atoms with Crippen molar-refractivity contribution in [2.75, 3.05) is 31.2 Å². The van der Waals surface area contributed by atoms with Crippen molar-refractivity contribution in [2.24, 2.45) is 0 Å². The minimum absolute atomic E-state index is 0.143. The van der Waals surface area contributed by atoms with E-state index in [0.29, 0.717) is 13.0 Å². The molecule has 0 bridgehead atoms. The van der Waals surface area contributed by atoms with Crippen LogP contribution in [0.3, 0.4) is 0 Å². The monoisotopic (exact) mass is 276 g/mol. The van der Waals surface area contributed by atoms with Gasteiger partial charge in [0.15, 0.2) is 0 Å². The number of morpholine rings is 1. The van der Waals surface area contributed by atoms with Crippen molar-refractivity contribution < 1.29 is 9.53 Å². The summed E-state index contributed by atoms with van der Waals surface area (Å²) in [7, 11) is 0. The first-order valence-electron chi connectivity index (χ1n) is 7.48. The summed E-state index contributed by atoms with van der Waals surface area (Å²) in [5.74, 6) is 0.143. The molecule has 1 aromatic rings. The summed E-state index contributed by atoms with van der Waals surface area (Å²) in [5.41, 5.74) is 2.38. The zero-order valence-electron chi connectivity index (χ0n) is 12.2. The van der Waals surface area contributed by atoms with Gasteiger partial charge >= 0.3 is 0 Å². The van der Waals surface area contributed by atoms with Gasteiger partial charge in [-0.25, -0.2) is 0 Å². The molecule has 0 unspecified atom stereocenters. The molecule has 1 fully saturated rings. The average molecular weight is 276 g/mol. The number of carbonyl (C=O) groups excluding carboxylic acids is 1. The van der Waals surface area contributed by atoms with Crippen LogP contribution in [0.5, 0.6) is 0 Å². The highest BCUT2D eigenvalue weighted by Crippen LogP contribution is 2.16. The zero-order valence-corrected chi connectivity index (χ0v) is 12.2. The minimum atomic E-state index is 0.143. The number of benzene rings is 1. The van der Waals surface area contributed by atoms with Crippen LogP contribution < -0.4 is 10.2 Å². The molecular weight excluding hydrogens is 252 g/mol. The van der Waals surface area contributed by atoms with E-state index in [4.69, 9.17) is 4.74 Å². The molecule has 1 N–H and O–H groups in total. The Hall–Kier alpha value is -1.55. The Bertz CT molecular complexity index is 411. The number of nitrogens with zero attached hydrogens (tertiary/aromatic N) is 1. The fourth-order valence-corrected chi connectivity index (χ4v) is 2.27. The third-order valence-electron chi connectivity index (χ3n) is 3.56. The number of hydrogen-bond acceptors (Lipinski definition) is 3. The number of carbonyl (C=O) groups is 1. The second kappa shape index (κ2) is 7.90. The van der Waals surface area contributed by atoms with Crippen molar-refractivity contribution >= 4 is 11.6 Å². The lowest BCUT2D eigenvalue weighted by Crippen LogP contribution is -2.36. The first kappa shape index (κ1) is 14.9. The van der Waals surface area contributed by atoms with E-state index in [9.17, 15) is 4.79 Å². The Morgan fingerprint density at radius 2 is 1.95 bits per heavy atom. The SMILES string of the molecule is CCCCC(=O)NCc1ccc(N2CCOCC2)cc1. The fraction of sp³-hybridized carbons (Fsp3) is 0.562. The minimum Gasteiger partial charge on any atom is -0.378 e. The molecule has 1 aromatic carbocycles. The molecule has 0 spiro atoms. The Kier molecular flexibility index (Phi) is 5.87. The summed E-state index contributed by atoms with van der Waals surface area (Å²) < 4.78 is 5.35. The molecule has 0 aliphatic carbocycles. The molecule has 1 amide bonds. The maximum atomic E-state index is 11.6. The molecule has 1 heterocycles. The Labute approximate surface area is 121 Å². The van der Waals surface area contributed by atoms with Gasteiger partial charge in [-0.3, -0.25) is 4.79 Å². The normalized spacial score (nSPS) is 15.2. The van der Waals surface area contributed by atoms with Gasteiger partial charge in [-0.15, -0.1) is 0 Å². The number of unbranched alkanes of at least 4 members (excludes halogenated alkanes) is 1. The van der Waals surface area contributed by atoms with E-state index in [1.807, 2.05) is 0 Å². The molecule has 0 radical (unpaired) electrons. The van der Waals surface area contributed by atoms with Crippen LogP contribution in [0, 0.1) is 0 Å². The van der Waals surface area contributed by atoms with Crippen LogP contribution >= 0.6 is 0 Å². The molecule has 4 nitrogen and oxygen atoms in total. The topological polar surface area (TPSA) is 41.6 Å². The lowest BCUT2D eigenvalue weighted by molar-refractivity contribution is -0.121. The van der Waals surface area contributed by atoms with E-state index >= 15 is 0 Å². The van der Waals surface area contributed by atoms with Crippen LogP contribution in [-0.2, 0) is 16.1 Å². The van der Waals surface area contributed by atoms with E-state index in [0.717, 1.165) is 44.7 Å². The summed E-state index contributed by atoms with van der Waals surface area (Å²) in [4.78, 5) is 13.9. The zero-order chi connectivity index (χ0) is 14.2. The van der Waals surface area contributed by atoms with E-state index < -0.39 is 0 Å². The summed E-state index contributed by atoms with van der Waals surface area (Å²) in [6, 6.07) is 8.42. The molecule has 0 atom stereocenters. The van der Waals surface area contributed by atoms with Crippen LogP contribution in [0.15, 0.2) is 24.3 Å². The Morgan fingerprint density at radius 1 is 1.25 bits per heavy atom. The highest BCUT2D eigenvalue weighted by atomic mass is 16.5. The van der Waals surface area contributed by atoms with E-state index in [1.165, 1.54) is 5.69 Å². The lowest BCUT2D eigenvalue weighted by Gasteiger charge is -2.28. The predicted molar refractivity (Wildman–Crippen MR) is 80.8 cm³/mol. The summed E-state index contributed by atoms with van der Waals surface area (Å²) in [6.07, 6.45) is 2.64. The molecule has 1 aliphatic rings. The number of nitrogens with one attached hydrogen (secondary N) is 1. The summed E-state index contributed by atoms with van der Waals surface area (Å²) in [5, 5.41) is 2.96. The lowest BCUT2D eigenvalue weighted by atomic mass is 10.2. The summed E-state index contributed by atoms with van der Waals surface area (Å²) >= 11 is 0. The number of rotatable bonds is 6. The molecular formula is C16H24N2O2. The van der Waals surface area contributed by atoms with Gasteiger partial charge in [0, 0.05) is 31.7 Å². The number of anilines is 1. The quantitative estimate of drug-likeness (QED) is 0.867. The van der Waals surface area contributed by atoms with Crippen LogP contribution in [0.4, 0.5) is 5.69 Å². The van der Waals surface area contributed by atoms with Crippen molar-refractivity contribution in [3.05, 3.63) is 29.8 Å². The van der Waals surface area contributed by atoms with Gasteiger partial charge < -0.3 is 15.0 Å². The van der Waals surface area contributed by atoms with Gasteiger partial charge in [-0.1, -0.05) is 25.5 Å². The smallest absolute Gasteiger partial charge is 0.220 e. The Balaban J connectivity index is 1.80. The van der Waals surface area contributed by atoms with Gasteiger partial charge in [0.2, 0.25) is 5.91 Å². The standard InChI is InChI=1S/C16H24N2O2/c1-2-3-4-16(19)17-13-14-5-7-15(8-6-14)18-9-11-20-12-10-18/h5-8H,2-4,9-13H2,1H3,(H,17,19). The summed E-state index contributed by atoms with van der Waals surface area (Å²) in [6.45, 7) is 6.22. The largest absolute Gasteiger partial charge is 0.378 e. The highest BCUT2D eigenvalue weighted by molar-refractivity contribution is 5.75. The van der Waals surface area contributed by atoms with Crippen molar-refractivity contribution in [3.63, 3.8) is 0 Å².